The molecule has 0 atom stereocenters. The van der Waals surface area contributed by atoms with Crippen molar-refractivity contribution in [1.29, 1.82) is 0 Å². The maximum atomic E-state index is 12.3. The third kappa shape index (κ3) is 2.71. The van der Waals surface area contributed by atoms with Crippen LogP contribution in [0.2, 0.25) is 0 Å². The number of nitrogens with two attached hydrogens (primary N) is 1. The lowest BCUT2D eigenvalue weighted by atomic mass is 9.91. The van der Waals surface area contributed by atoms with Crippen LogP contribution < -0.4 is 5.73 Å². The molecule has 1 aliphatic carbocycles. The first-order chi connectivity index (χ1) is 7.03. The highest BCUT2D eigenvalue weighted by Gasteiger charge is 2.34. The van der Waals surface area contributed by atoms with Gasteiger partial charge in [0.15, 0.2) is 0 Å². The molecule has 0 spiro atoms. The molecule has 3 heteroatoms. The second-order valence-corrected chi connectivity index (χ2v) is 5.12. The standard InChI is InChI=1S/C12H24N2O/c1-4-14(10-7-5-6-8-10)11(15)12(2,3)9-13/h10H,4-9,13H2,1-3H3. The van der Waals surface area contributed by atoms with Gasteiger partial charge < -0.3 is 10.6 Å². The summed E-state index contributed by atoms with van der Waals surface area (Å²) in [5.41, 5.74) is 5.25. The molecule has 0 saturated heterocycles. The van der Waals surface area contributed by atoms with Crippen molar-refractivity contribution in [1.82, 2.24) is 4.90 Å². The van der Waals surface area contributed by atoms with Crippen LogP contribution in [0.5, 0.6) is 0 Å². The van der Waals surface area contributed by atoms with Gasteiger partial charge in [-0.15, -0.1) is 0 Å². The zero-order valence-corrected chi connectivity index (χ0v) is 10.3. The molecule has 0 bridgehead atoms. The number of carbonyl (C=O) groups excluding carboxylic acids is 1. The van der Waals surface area contributed by atoms with E-state index in [0.29, 0.717) is 12.6 Å². The number of carbonyl (C=O) groups is 1. The van der Waals surface area contributed by atoms with Gasteiger partial charge in [-0.3, -0.25) is 4.79 Å². The van der Waals surface area contributed by atoms with E-state index in [-0.39, 0.29) is 5.91 Å². The Kier molecular flexibility index (Phi) is 4.14. The van der Waals surface area contributed by atoms with E-state index in [2.05, 4.69) is 6.92 Å². The third-order valence-electron chi connectivity index (χ3n) is 3.46. The summed E-state index contributed by atoms with van der Waals surface area (Å²) in [5.74, 6) is 0.222. The lowest BCUT2D eigenvalue weighted by Crippen LogP contribution is -2.48. The SMILES string of the molecule is CCN(C(=O)C(C)(C)CN)C1CCCC1. The van der Waals surface area contributed by atoms with E-state index < -0.39 is 5.41 Å². The molecule has 0 aromatic carbocycles. The number of rotatable bonds is 4. The van der Waals surface area contributed by atoms with Gasteiger partial charge in [-0.05, 0) is 33.6 Å². The Morgan fingerprint density at radius 3 is 2.33 bits per heavy atom. The summed E-state index contributed by atoms with van der Waals surface area (Å²) in [4.78, 5) is 14.3. The topological polar surface area (TPSA) is 46.3 Å². The largest absolute Gasteiger partial charge is 0.339 e. The second kappa shape index (κ2) is 4.97. The Balaban J connectivity index is 2.69. The first kappa shape index (κ1) is 12.5. The number of hydrogen-bond donors (Lipinski definition) is 1. The molecule has 0 aromatic heterocycles. The maximum Gasteiger partial charge on any atom is 0.229 e. The molecule has 0 heterocycles. The minimum absolute atomic E-state index is 0.222. The van der Waals surface area contributed by atoms with Gasteiger partial charge in [0, 0.05) is 19.1 Å². The van der Waals surface area contributed by atoms with E-state index in [1.807, 2.05) is 18.7 Å². The molecule has 15 heavy (non-hydrogen) atoms. The summed E-state index contributed by atoms with van der Waals surface area (Å²) in [7, 11) is 0. The fraction of sp³-hybridized carbons (Fsp3) is 0.917. The molecule has 1 aliphatic rings. The average Bonchev–Trinajstić information content (AvgIpc) is 2.72. The predicted molar refractivity (Wildman–Crippen MR) is 62.5 cm³/mol. The summed E-state index contributed by atoms with van der Waals surface area (Å²) in [6.45, 7) is 7.17. The van der Waals surface area contributed by atoms with Gasteiger partial charge in [-0.25, -0.2) is 0 Å². The van der Waals surface area contributed by atoms with Gasteiger partial charge in [0.2, 0.25) is 5.91 Å². The van der Waals surface area contributed by atoms with Crippen LogP contribution in [0.25, 0.3) is 0 Å². The van der Waals surface area contributed by atoms with E-state index >= 15 is 0 Å². The molecule has 1 amide bonds. The maximum absolute atomic E-state index is 12.3. The van der Waals surface area contributed by atoms with Crippen molar-refractivity contribution in [2.45, 2.75) is 52.5 Å². The Morgan fingerprint density at radius 1 is 1.40 bits per heavy atom. The highest BCUT2D eigenvalue weighted by molar-refractivity contribution is 5.82. The van der Waals surface area contributed by atoms with Crippen LogP contribution in [-0.4, -0.2) is 29.9 Å². The van der Waals surface area contributed by atoms with Gasteiger partial charge in [-0.2, -0.15) is 0 Å². The van der Waals surface area contributed by atoms with Crippen molar-refractivity contribution in [2.75, 3.05) is 13.1 Å². The Hall–Kier alpha value is -0.570. The van der Waals surface area contributed by atoms with Crippen molar-refractivity contribution < 1.29 is 4.79 Å². The zero-order chi connectivity index (χ0) is 11.5. The van der Waals surface area contributed by atoms with Crippen LogP contribution in [0.3, 0.4) is 0 Å². The van der Waals surface area contributed by atoms with Crippen LogP contribution in [0.15, 0.2) is 0 Å². The van der Waals surface area contributed by atoms with Gasteiger partial charge in [0.05, 0.1) is 5.41 Å². The summed E-state index contributed by atoms with van der Waals surface area (Å²) in [5, 5.41) is 0. The third-order valence-corrected chi connectivity index (χ3v) is 3.46. The van der Waals surface area contributed by atoms with Crippen LogP contribution in [0.4, 0.5) is 0 Å². The first-order valence-corrected chi connectivity index (χ1v) is 6.04. The lowest BCUT2D eigenvalue weighted by Gasteiger charge is -2.34. The normalized spacial score (nSPS) is 18.1. The number of amides is 1. The smallest absolute Gasteiger partial charge is 0.229 e. The monoisotopic (exact) mass is 212 g/mol. The zero-order valence-electron chi connectivity index (χ0n) is 10.3. The Bertz CT molecular complexity index is 220. The van der Waals surface area contributed by atoms with Crippen LogP contribution in [0, 0.1) is 5.41 Å². The first-order valence-electron chi connectivity index (χ1n) is 6.04. The fourth-order valence-electron chi connectivity index (χ4n) is 2.26. The lowest BCUT2D eigenvalue weighted by molar-refractivity contribution is -0.142. The molecule has 88 valence electrons. The molecule has 1 saturated carbocycles. The molecule has 2 N–H and O–H groups in total. The summed E-state index contributed by atoms with van der Waals surface area (Å²) in [6, 6.07) is 0.466. The molecule has 0 aliphatic heterocycles. The van der Waals surface area contributed by atoms with Gasteiger partial charge >= 0.3 is 0 Å². The average molecular weight is 212 g/mol. The van der Waals surface area contributed by atoms with Crippen molar-refractivity contribution in [3.8, 4) is 0 Å². The van der Waals surface area contributed by atoms with Crippen molar-refractivity contribution in [2.24, 2.45) is 11.1 Å². The van der Waals surface area contributed by atoms with Crippen LogP contribution >= 0.6 is 0 Å². The van der Waals surface area contributed by atoms with Crippen molar-refractivity contribution >= 4 is 5.91 Å². The molecule has 1 rings (SSSR count). The van der Waals surface area contributed by atoms with Crippen molar-refractivity contribution in [3.05, 3.63) is 0 Å². The van der Waals surface area contributed by atoms with E-state index in [1.54, 1.807) is 0 Å². The Morgan fingerprint density at radius 2 is 1.93 bits per heavy atom. The number of nitrogens with zero attached hydrogens (tertiary/aromatic N) is 1. The van der Waals surface area contributed by atoms with Gasteiger partial charge in [0.25, 0.3) is 0 Å². The quantitative estimate of drug-likeness (QED) is 0.772. The van der Waals surface area contributed by atoms with E-state index in [9.17, 15) is 4.79 Å². The van der Waals surface area contributed by atoms with E-state index in [4.69, 9.17) is 5.73 Å². The van der Waals surface area contributed by atoms with E-state index in [0.717, 1.165) is 6.54 Å². The molecular formula is C12H24N2O. The predicted octanol–water partition coefficient (Wildman–Crippen LogP) is 1.76. The molecule has 0 radical (unpaired) electrons. The summed E-state index contributed by atoms with van der Waals surface area (Å²) in [6.07, 6.45) is 4.86. The highest BCUT2D eigenvalue weighted by atomic mass is 16.2. The Labute approximate surface area is 93.0 Å². The molecule has 0 unspecified atom stereocenters. The van der Waals surface area contributed by atoms with Crippen molar-refractivity contribution in [3.63, 3.8) is 0 Å². The molecular weight excluding hydrogens is 188 g/mol. The molecule has 1 fully saturated rings. The second-order valence-electron chi connectivity index (χ2n) is 5.12. The van der Waals surface area contributed by atoms with Gasteiger partial charge in [0.1, 0.15) is 0 Å². The summed E-state index contributed by atoms with van der Waals surface area (Å²) < 4.78 is 0. The summed E-state index contributed by atoms with van der Waals surface area (Å²) >= 11 is 0. The molecule has 3 nitrogen and oxygen atoms in total. The molecule has 0 aromatic rings. The highest BCUT2D eigenvalue weighted by Crippen LogP contribution is 2.27. The number of hydrogen-bond acceptors (Lipinski definition) is 2. The van der Waals surface area contributed by atoms with Crippen LogP contribution in [-0.2, 0) is 4.79 Å². The fourth-order valence-corrected chi connectivity index (χ4v) is 2.26. The minimum atomic E-state index is -0.404. The van der Waals surface area contributed by atoms with Gasteiger partial charge in [-0.1, -0.05) is 12.8 Å². The van der Waals surface area contributed by atoms with E-state index in [1.165, 1.54) is 25.7 Å². The minimum Gasteiger partial charge on any atom is -0.339 e. The van der Waals surface area contributed by atoms with Crippen LogP contribution in [0.1, 0.15) is 46.5 Å².